The van der Waals surface area contributed by atoms with Gasteiger partial charge in [0.05, 0.1) is 12.7 Å². The first-order valence-electron chi connectivity index (χ1n) is 8.29. The number of hydrogen-bond donors (Lipinski definition) is 1. The minimum Gasteiger partial charge on any atom is -0.491 e. The number of amides is 1. The van der Waals surface area contributed by atoms with E-state index in [9.17, 15) is 4.79 Å². The smallest absolute Gasteiger partial charge is 0.251 e. The van der Waals surface area contributed by atoms with E-state index < -0.39 is 0 Å². The molecule has 0 heterocycles. The average Bonchev–Trinajstić information content (AvgIpc) is 2.59. The summed E-state index contributed by atoms with van der Waals surface area (Å²) < 4.78 is 10.9. The van der Waals surface area contributed by atoms with Crippen molar-refractivity contribution in [1.82, 2.24) is 5.32 Å². The fourth-order valence-corrected chi connectivity index (χ4v) is 2.21. The molecule has 0 aliphatic heterocycles. The molecule has 0 radical (unpaired) electrons. The molecule has 0 aliphatic rings. The van der Waals surface area contributed by atoms with E-state index in [1.54, 1.807) is 12.1 Å². The molecule has 0 saturated carbocycles. The monoisotopic (exact) mass is 327 g/mol. The number of carbonyl (C=O) groups is 1. The second-order valence-electron chi connectivity index (χ2n) is 5.83. The SMILES string of the molecule is CCOCc1ccc(CNC(=O)c2ccc(OC(C)C)cc2)cc1. The Kier molecular flexibility index (Phi) is 6.82. The molecule has 1 N–H and O–H groups in total. The topological polar surface area (TPSA) is 47.6 Å². The molecule has 2 rings (SSSR count). The Labute approximate surface area is 143 Å². The van der Waals surface area contributed by atoms with Crippen LogP contribution in [0.3, 0.4) is 0 Å². The molecule has 0 saturated heterocycles. The van der Waals surface area contributed by atoms with Gasteiger partial charge in [0.25, 0.3) is 5.91 Å². The molecule has 0 aliphatic carbocycles. The van der Waals surface area contributed by atoms with Gasteiger partial charge >= 0.3 is 0 Å². The van der Waals surface area contributed by atoms with Crippen molar-refractivity contribution < 1.29 is 14.3 Å². The van der Waals surface area contributed by atoms with Crippen molar-refractivity contribution in [2.45, 2.75) is 40.0 Å². The van der Waals surface area contributed by atoms with Crippen molar-refractivity contribution in [3.05, 3.63) is 65.2 Å². The van der Waals surface area contributed by atoms with Crippen molar-refractivity contribution in [1.29, 1.82) is 0 Å². The van der Waals surface area contributed by atoms with Crippen LogP contribution in [0.15, 0.2) is 48.5 Å². The first kappa shape index (κ1) is 18.0. The molecule has 0 aromatic heterocycles. The van der Waals surface area contributed by atoms with Crippen LogP contribution in [0.1, 0.15) is 42.3 Å². The summed E-state index contributed by atoms with van der Waals surface area (Å²) in [5.41, 5.74) is 2.81. The highest BCUT2D eigenvalue weighted by molar-refractivity contribution is 5.94. The maximum atomic E-state index is 12.2. The lowest BCUT2D eigenvalue weighted by molar-refractivity contribution is 0.0951. The number of benzene rings is 2. The van der Waals surface area contributed by atoms with Gasteiger partial charge in [-0.05, 0) is 56.2 Å². The van der Waals surface area contributed by atoms with E-state index >= 15 is 0 Å². The summed E-state index contributed by atoms with van der Waals surface area (Å²) in [4.78, 5) is 12.2. The molecule has 0 bridgehead atoms. The Hall–Kier alpha value is -2.33. The minimum absolute atomic E-state index is 0.0931. The molecule has 0 fully saturated rings. The second-order valence-corrected chi connectivity index (χ2v) is 5.83. The number of carbonyl (C=O) groups excluding carboxylic acids is 1. The number of nitrogens with one attached hydrogen (secondary N) is 1. The standard InChI is InChI=1S/C20H25NO3/c1-4-23-14-17-7-5-16(6-8-17)13-21-20(22)18-9-11-19(12-10-18)24-15(2)3/h5-12,15H,4,13-14H2,1-3H3,(H,21,22). The molecule has 0 atom stereocenters. The molecular formula is C20H25NO3. The zero-order valence-electron chi connectivity index (χ0n) is 14.5. The molecule has 4 heteroatoms. The molecule has 0 unspecified atom stereocenters. The molecule has 1 amide bonds. The van der Waals surface area contributed by atoms with Crippen LogP contribution in [0.4, 0.5) is 0 Å². The van der Waals surface area contributed by atoms with E-state index in [0.29, 0.717) is 25.3 Å². The van der Waals surface area contributed by atoms with Gasteiger partial charge in [-0.1, -0.05) is 24.3 Å². The van der Waals surface area contributed by atoms with Crippen molar-refractivity contribution in [2.24, 2.45) is 0 Å². The van der Waals surface area contributed by atoms with Crippen LogP contribution in [0.25, 0.3) is 0 Å². The lowest BCUT2D eigenvalue weighted by Crippen LogP contribution is -2.22. The highest BCUT2D eigenvalue weighted by Gasteiger charge is 2.06. The van der Waals surface area contributed by atoms with Gasteiger partial charge in [-0.25, -0.2) is 0 Å². The number of rotatable bonds is 8. The van der Waals surface area contributed by atoms with Gasteiger partial charge in [-0.2, -0.15) is 0 Å². The maximum absolute atomic E-state index is 12.2. The van der Waals surface area contributed by atoms with Gasteiger partial charge in [0.2, 0.25) is 0 Å². The largest absolute Gasteiger partial charge is 0.491 e. The van der Waals surface area contributed by atoms with Gasteiger partial charge in [0, 0.05) is 18.7 Å². The molecule has 0 spiro atoms. The summed E-state index contributed by atoms with van der Waals surface area (Å²) in [5, 5.41) is 2.93. The molecule has 2 aromatic rings. The minimum atomic E-state index is -0.0931. The van der Waals surface area contributed by atoms with Crippen LogP contribution >= 0.6 is 0 Å². The number of ether oxygens (including phenoxy) is 2. The predicted octanol–water partition coefficient (Wildman–Crippen LogP) is 3.94. The van der Waals surface area contributed by atoms with E-state index in [-0.39, 0.29) is 12.0 Å². The Morgan fingerprint density at radius 2 is 1.62 bits per heavy atom. The first-order valence-corrected chi connectivity index (χ1v) is 8.29. The highest BCUT2D eigenvalue weighted by atomic mass is 16.5. The molecule has 128 valence electrons. The van der Waals surface area contributed by atoms with Crippen molar-refractivity contribution in [3.8, 4) is 5.75 Å². The van der Waals surface area contributed by atoms with Crippen LogP contribution in [-0.2, 0) is 17.9 Å². The summed E-state index contributed by atoms with van der Waals surface area (Å²) in [7, 11) is 0. The van der Waals surface area contributed by atoms with Crippen LogP contribution in [0, 0.1) is 0 Å². The lowest BCUT2D eigenvalue weighted by atomic mass is 10.1. The second kappa shape index (κ2) is 9.08. The Morgan fingerprint density at radius 3 is 2.21 bits per heavy atom. The van der Waals surface area contributed by atoms with E-state index in [1.807, 2.05) is 57.2 Å². The van der Waals surface area contributed by atoms with E-state index in [4.69, 9.17) is 9.47 Å². The van der Waals surface area contributed by atoms with Gasteiger partial charge in [0.15, 0.2) is 0 Å². The number of hydrogen-bond acceptors (Lipinski definition) is 3. The van der Waals surface area contributed by atoms with E-state index in [1.165, 1.54) is 0 Å². The quantitative estimate of drug-likeness (QED) is 0.799. The molecule has 2 aromatic carbocycles. The summed E-state index contributed by atoms with van der Waals surface area (Å²) in [6.45, 7) is 7.75. The maximum Gasteiger partial charge on any atom is 0.251 e. The zero-order valence-corrected chi connectivity index (χ0v) is 14.5. The zero-order chi connectivity index (χ0) is 17.4. The summed E-state index contributed by atoms with van der Waals surface area (Å²) in [5.74, 6) is 0.677. The van der Waals surface area contributed by atoms with Gasteiger partial charge in [-0.15, -0.1) is 0 Å². The van der Waals surface area contributed by atoms with Crippen LogP contribution in [-0.4, -0.2) is 18.6 Å². The van der Waals surface area contributed by atoms with Gasteiger partial charge in [0.1, 0.15) is 5.75 Å². The van der Waals surface area contributed by atoms with E-state index in [2.05, 4.69) is 5.32 Å². The summed E-state index contributed by atoms with van der Waals surface area (Å²) in [6.07, 6.45) is 0.121. The third kappa shape index (κ3) is 5.70. The van der Waals surface area contributed by atoms with E-state index in [0.717, 1.165) is 16.9 Å². The van der Waals surface area contributed by atoms with Gasteiger partial charge in [-0.3, -0.25) is 4.79 Å². The molecular weight excluding hydrogens is 302 g/mol. The van der Waals surface area contributed by atoms with Crippen molar-refractivity contribution in [2.75, 3.05) is 6.61 Å². The highest BCUT2D eigenvalue weighted by Crippen LogP contribution is 2.14. The van der Waals surface area contributed by atoms with Crippen LogP contribution in [0.5, 0.6) is 5.75 Å². The first-order chi connectivity index (χ1) is 11.6. The Morgan fingerprint density at radius 1 is 1.00 bits per heavy atom. The molecule has 24 heavy (non-hydrogen) atoms. The Balaban J connectivity index is 1.86. The normalized spacial score (nSPS) is 10.7. The lowest BCUT2D eigenvalue weighted by Gasteiger charge is -2.10. The van der Waals surface area contributed by atoms with Crippen molar-refractivity contribution >= 4 is 5.91 Å². The van der Waals surface area contributed by atoms with Crippen LogP contribution < -0.4 is 10.1 Å². The third-order valence-corrected chi connectivity index (χ3v) is 3.44. The summed E-state index contributed by atoms with van der Waals surface area (Å²) >= 11 is 0. The molecule has 4 nitrogen and oxygen atoms in total. The predicted molar refractivity (Wildman–Crippen MR) is 95.1 cm³/mol. The van der Waals surface area contributed by atoms with Crippen LogP contribution in [0.2, 0.25) is 0 Å². The fourth-order valence-electron chi connectivity index (χ4n) is 2.21. The van der Waals surface area contributed by atoms with Gasteiger partial charge < -0.3 is 14.8 Å². The fraction of sp³-hybridized carbons (Fsp3) is 0.350. The summed E-state index contributed by atoms with van der Waals surface area (Å²) in [6, 6.07) is 15.2. The van der Waals surface area contributed by atoms with Crippen molar-refractivity contribution in [3.63, 3.8) is 0 Å². The third-order valence-electron chi connectivity index (χ3n) is 3.44. The average molecular weight is 327 g/mol. The Bertz CT molecular complexity index is 633.